The summed E-state index contributed by atoms with van der Waals surface area (Å²) in [5.41, 5.74) is -19.0. The summed E-state index contributed by atoms with van der Waals surface area (Å²) in [7, 11) is 0. The molecule has 9 aromatic carbocycles. The normalized spacial score (nSPS) is 20.3. The van der Waals surface area contributed by atoms with Crippen molar-refractivity contribution in [2.24, 2.45) is 0 Å². The van der Waals surface area contributed by atoms with Gasteiger partial charge >= 0.3 is 53.7 Å². The number of cyclic esters (lactones) is 1. The first-order valence-electron chi connectivity index (χ1n) is 34.2. The third kappa shape index (κ3) is 13.6. The molecule has 0 unspecified atom stereocenters. The Morgan fingerprint density at radius 2 is 0.650 bits per heavy atom. The van der Waals surface area contributed by atoms with Crippen LogP contribution in [0, 0.1) is 0 Å². The van der Waals surface area contributed by atoms with Gasteiger partial charge in [0.05, 0.1) is 44.5 Å². The summed E-state index contributed by atoms with van der Waals surface area (Å²) in [6.07, 6.45) is -27.5. The molecule has 2 saturated heterocycles. The van der Waals surface area contributed by atoms with Crippen LogP contribution in [0.15, 0.2) is 66.7 Å². The number of rotatable bonds is 9. The van der Waals surface area contributed by atoms with Crippen LogP contribution in [0.3, 0.4) is 0 Å². The molecule has 5 aliphatic heterocycles. The van der Waals surface area contributed by atoms with E-state index in [9.17, 15) is 162 Å². The molecule has 14 rings (SSSR count). The number of aliphatic hydroxyl groups is 1. The second-order valence-electron chi connectivity index (χ2n) is 26.8. The number of aromatic hydroxyl groups is 26. The van der Waals surface area contributed by atoms with Gasteiger partial charge in [-0.1, -0.05) is 0 Å². The molecule has 5 aliphatic rings. The minimum absolute atomic E-state index is 0.113. The van der Waals surface area contributed by atoms with Crippen LogP contribution in [0.2, 0.25) is 0 Å². The molecule has 48 heteroatoms. The summed E-state index contributed by atoms with van der Waals surface area (Å²) in [5.74, 6) is -60.1. The maximum atomic E-state index is 15.7. The topological polar surface area (TPSA) is 811 Å². The Bertz CT molecular complexity index is 6140. The number of benzene rings is 9. The Hall–Kier alpha value is -17.3. The molecular formula is C75H52O48. The van der Waals surface area contributed by atoms with Gasteiger partial charge in [-0.25, -0.2) is 43.2 Å². The number of aliphatic hydroxyl groups excluding tert-OH is 1. The highest BCUT2D eigenvalue weighted by molar-refractivity contribution is 6.12. The van der Waals surface area contributed by atoms with Crippen LogP contribution in [0.4, 0.5) is 0 Å². The van der Waals surface area contributed by atoms with Crippen molar-refractivity contribution in [1.82, 2.24) is 0 Å². The summed E-state index contributed by atoms with van der Waals surface area (Å²) in [6, 6.07) is 3.59. The third-order valence-electron chi connectivity index (χ3n) is 19.5. The van der Waals surface area contributed by atoms with Gasteiger partial charge in [0.1, 0.15) is 31.0 Å². The molecule has 123 heavy (non-hydrogen) atoms. The predicted octanol–water partition coefficient (Wildman–Crippen LogP) is 2.73. The zero-order valence-electron chi connectivity index (χ0n) is 60.2. The van der Waals surface area contributed by atoms with Gasteiger partial charge in [0.2, 0.25) is 58.4 Å². The number of carbonyl (C=O) groups excluding carboxylic acids is 9. The van der Waals surface area contributed by atoms with Crippen molar-refractivity contribution in [3.63, 3.8) is 0 Å². The molecule has 9 aromatic rings. The van der Waals surface area contributed by atoms with Gasteiger partial charge in [-0.05, 0) is 54.6 Å². The zero-order valence-corrected chi connectivity index (χ0v) is 60.2. The van der Waals surface area contributed by atoms with Crippen LogP contribution < -0.4 is 4.74 Å². The molecule has 48 nitrogen and oxygen atoms in total. The van der Waals surface area contributed by atoms with E-state index in [0.29, 0.717) is 36.4 Å². The largest absolute Gasteiger partial charge is 0.504 e. The number of hydrogen-bond acceptors (Lipinski definition) is 48. The maximum Gasteiger partial charge on any atom is 0.342 e. The Morgan fingerprint density at radius 1 is 0.317 bits per heavy atom. The standard InChI is InChI=1S/C75H52O48/c76-23-1-14(2-24(77)42(23)86)65(102)112-12-34-59(61-63(74(111)115-34)121-71(108)20-9-31(84)47(91)54(98)39(20)38-18(69(106)119-61)7-29(82)46(90)53(38)97)118-73(110)22-10-32(85)49(93)57(101)58(22)114-33-11-21-41(56(100)50(33)94)40-19(8-30(83)48(92)55(40)99)70(107)120-62-60-35(116-75(64(62)122-72(21)109)123-66(103)15-3-25(78)43(87)26(79)4-15)13-113-67(104)16-5-27(80)44(88)51(95)36(16)37-17(68(105)117-60)6-28(81)45(89)52(37)96/h1-11,34-35,59-64,74-101,111H,12-13H2/t34-,35-,59-,60-,61+,62+,63-,64-,74-,75+/m1/s1. The van der Waals surface area contributed by atoms with Crippen LogP contribution >= 0.6 is 0 Å². The van der Waals surface area contributed by atoms with E-state index < -0.39 is 373 Å². The maximum absolute atomic E-state index is 15.7. The van der Waals surface area contributed by atoms with Crippen molar-refractivity contribution in [3.05, 3.63) is 117 Å². The van der Waals surface area contributed by atoms with Gasteiger partial charge in [-0.15, -0.1) is 0 Å². The zero-order chi connectivity index (χ0) is 89.5. The molecule has 640 valence electrons. The summed E-state index contributed by atoms with van der Waals surface area (Å²) in [6.45, 7) is -2.96. The summed E-state index contributed by atoms with van der Waals surface area (Å²) in [5, 5.41) is 297. The lowest BCUT2D eigenvalue weighted by molar-refractivity contribution is -0.284. The Kier molecular flexibility index (Phi) is 20.1. The number of fused-ring (bicyclic) bond motifs is 13. The second kappa shape index (κ2) is 30.0. The number of esters is 9. The third-order valence-corrected chi connectivity index (χ3v) is 19.5. The van der Waals surface area contributed by atoms with Crippen molar-refractivity contribution in [1.29, 1.82) is 0 Å². The molecule has 27 N–H and O–H groups in total. The van der Waals surface area contributed by atoms with Crippen LogP contribution in [0.1, 0.15) is 93.2 Å². The van der Waals surface area contributed by atoms with Gasteiger partial charge in [0, 0.05) is 45.5 Å². The molecule has 10 atom stereocenters. The molecule has 5 heterocycles. The minimum atomic E-state index is -2.94. The van der Waals surface area contributed by atoms with Gasteiger partial charge in [-0.3, -0.25) is 0 Å². The van der Waals surface area contributed by atoms with E-state index in [1.165, 1.54) is 0 Å². The number of phenolic OH excluding ortho intramolecular Hbond substituents is 26. The lowest BCUT2D eigenvalue weighted by Gasteiger charge is -2.44. The van der Waals surface area contributed by atoms with E-state index in [1.54, 1.807) is 0 Å². The molecule has 0 aliphatic carbocycles. The lowest BCUT2D eigenvalue weighted by atomic mass is 9.90. The Morgan fingerprint density at radius 3 is 1.07 bits per heavy atom. The molecular weight excluding hydrogens is 1670 g/mol. The van der Waals surface area contributed by atoms with Crippen LogP contribution in [-0.4, -0.2) is 266 Å². The molecule has 0 radical (unpaired) electrons. The highest BCUT2D eigenvalue weighted by atomic mass is 16.8. The van der Waals surface area contributed by atoms with Crippen LogP contribution in [0.5, 0.6) is 161 Å². The smallest absolute Gasteiger partial charge is 0.342 e. The Labute approximate surface area is 675 Å². The first kappa shape index (κ1) is 82.2. The van der Waals surface area contributed by atoms with Crippen molar-refractivity contribution in [2.45, 2.75) is 61.4 Å². The van der Waals surface area contributed by atoms with E-state index in [4.69, 9.17) is 56.8 Å². The van der Waals surface area contributed by atoms with Gasteiger partial charge in [0.15, 0.2) is 152 Å². The van der Waals surface area contributed by atoms with Crippen molar-refractivity contribution < 1.29 is 238 Å². The van der Waals surface area contributed by atoms with Crippen molar-refractivity contribution in [3.8, 4) is 194 Å². The SMILES string of the molecule is O=C(OC[C@H]1O[C@@H](O)[C@@H]2OC(=O)c3cc(O)c(O)c(O)c3-c3c(cc(O)c(O)c3O)C(=O)O[C@H]2[C@@H]1OC(=O)c1cc(O)c(O)c(O)c1Oc1cc2c(c(O)c1O)-c1c(cc(O)c(O)c1O)C(=O)O[C@@H]1[C@@H](OC2=O)[C@H](OC(=O)c2cc(O)c(O)c(O)c2)O[C@@H]2COC(=O)c3cc(O)c(O)c(O)c3-c3c(cc(O)c(O)c3O)C(=O)O[C@@H]12)c1cc(O)c(O)c(O)c1. The fraction of sp³-hybridized carbons (Fsp3) is 0.160. The van der Waals surface area contributed by atoms with E-state index in [0.717, 1.165) is 0 Å². The molecule has 0 spiro atoms. The minimum Gasteiger partial charge on any atom is -0.504 e. The number of hydrogen-bond donors (Lipinski definition) is 27. The van der Waals surface area contributed by atoms with E-state index in [2.05, 4.69) is 0 Å². The summed E-state index contributed by atoms with van der Waals surface area (Å²) in [4.78, 5) is 133. The number of carbonyl (C=O) groups is 9. The van der Waals surface area contributed by atoms with Crippen LogP contribution in [-0.2, 0) is 52.1 Å². The highest BCUT2D eigenvalue weighted by Gasteiger charge is 2.58. The molecule has 0 saturated carbocycles. The highest BCUT2D eigenvalue weighted by Crippen LogP contribution is 2.59. The van der Waals surface area contributed by atoms with Crippen molar-refractivity contribution in [2.75, 3.05) is 13.2 Å². The van der Waals surface area contributed by atoms with Gasteiger partial charge < -0.3 is 195 Å². The lowest BCUT2D eigenvalue weighted by Crippen LogP contribution is -2.63. The monoisotopic (exact) mass is 1720 g/mol. The van der Waals surface area contributed by atoms with Gasteiger partial charge in [0.25, 0.3) is 0 Å². The molecule has 0 bridgehead atoms. The van der Waals surface area contributed by atoms with E-state index in [1.807, 2.05) is 0 Å². The second-order valence-corrected chi connectivity index (χ2v) is 26.8. The first-order valence-corrected chi connectivity index (χ1v) is 34.2. The van der Waals surface area contributed by atoms with E-state index >= 15 is 19.2 Å². The molecule has 0 amide bonds. The van der Waals surface area contributed by atoms with Gasteiger partial charge in [-0.2, -0.15) is 0 Å². The van der Waals surface area contributed by atoms with E-state index in [-0.39, 0.29) is 30.3 Å². The first-order chi connectivity index (χ1) is 57.9. The average Bonchev–Trinajstić information content (AvgIpc) is 0.900. The summed E-state index contributed by atoms with van der Waals surface area (Å²) >= 11 is 0. The molecule has 2 fully saturated rings. The summed E-state index contributed by atoms with van der Waals surface area (Å²) < 4.78 is 67.9. The quantitative estimate of drug-likeness (QED) is 0.0561. The number of phenols is 26. The predicted molar refractivity (Wildman–Crippen MR) is 379 cm³/mol. The van der Waals surface area contributed by atoms with Crippen molar-refractivity contribution >= 4 is 53.7 Å². The number of ether oxygens (including phenoxy) is 12. The molecule has 0 aromatic heterocycles. The average molecular weight is 1720 g/mol. The fourth-order valence-corrected chi connectivity index (χ4v) is 13.6. The van der Waals surface area contributed by atoms with Crippen LogP contribution in [0.25, 0.3) is 33.4 Å². The fourth-order valence-electron chi connectivity index (χ4n) is 13.6. The Balaban J connectivity index is 0.910.